The molecule has 86 heavy (non-hydrogen) atoms. The third-order valence-electron chi connectivity index (χ3n) is 15.4. The number of anilines is 3. The number of ether oxygens (including phenoxy) is 1. The van der Waals surface area contributed by atoms with Crippen LogP contribution in [-0.2, 0) is 37.4 Å². The molecule has 0 radical (unpaired) electrons. The quantitative estimate of drug-likeness (QED) is 0.0223. The van der Waals surface area contributed by atoms with Crippen molar-refractivity contribution < 1.29 is 52.7 Å². The van der Waals surface area contributed by atoms with Crippen molar-refractivity contribution in [2.24, 2.45) is 17.8 Å². The van der Waals surface area contributed by atoms with Gasteiger partial charge in [0.1, 0.15) is 22.9 Å². The molecule has 4 aromatic rings. The van der Waals surface area contributed by atoms with Crippen molar-refractivity contribution in [3.05, 3.63) is 156 Å². The van der Waals surface area contributed by atoms with Crippen molar-refractivity contribution in [2.45, 2.75) is 200 Å². The fourth-order valence-corrected chi connectivity index (χ4v) is 10.7. The number of hydrogen-bond acceptors (Lipinski definition) is 12. The number of aliphatic hydroxyl groups is 3. The van der Waals surface area contributed by atoms with Crippen LogP contribution >= 0.6 is 0 Å². The maximum absolute atomic E-state index is 14.1. The van der Waals surface area contributed by atoms with Gasteiger partial charge in [-0.3, -0.25) is 29.8 Å². The second-order valence-electron chi connectivity index (χ2n) is 26.4. The summed E-state index contributed by atoms with van der Waals surface area (Å²) in [4.78, 5) is 56.4. The number of hydrogen-bond donors (Lipinski definition) is 4. The van der Waals surface area contributed by atoms with Crippen LogP contribution in [0.4, 0.5) is 41.6 Å². The largest absolute Gasteiger partial charge is 0.456 e. The Bertz CT molecular complexity index is 3030. The smallest absolute Gasteiger partial charge is 0.305 e. The van der Waals surface area contributed by atoms with E-state index in [0.29, 0.717) is 86.9 Å². The van der Waals surface area contributed by atoms with E-state index in [9.17, 15) is 58.3 Å². The zero-order valence-corrected chi connectivity index (χ0v) is 52.3. The molecule has 0 saturated heterocycles. The van der Waals surface area contributed by atoms with Gasteiger partial charge in [0.25, 0.3) is 23.2 Å². The first-order valence-electron chi connectivity index (χ1n) is 29.7. The summed E-state index contributed by atoms with van der Waals surface area (Å²) in [6.45, 7) is 40.1. The first-order chi connectivity index (χ1) is 40.0. The Kier molecular flexibility index (Phi) is 25.3. The highest BCUT2D eigenvalue weighted by Crippen LogP contribution is 2.49. The van der Waals surface area contributed by atoms with E-state index in [4.69, 9.17) is 17.9 Å². The number of nitro benzene ring substituents is 2. The van der Waals surface area contributed by atoms with Crippen molar-refractivity contribution >= 4 is 40.8 Å². The van der Waals surface area contributed by atoms with E-state index in [1.54, 1.807) is 45.9 Å². The van der Waals surface area contributed by atoms with Crippen molar-refractivity contribution in [1.29, 1.82) is 0 Å². The molecule has 0 spiro atoms. The fourth-order valence-electron chi connectivity index (χ4n) is 10.7. The minimum atomic E-state index is -0.998. The Labute approximate surface area is 506 Å². The van der Waals surface area contributed by atoms with E-state index in [-0.39, 0.29) is 28.5 Å². The van der Waals surface area contributed by atoms with Crippen LogP contribution in [0.25, 0.3) is 9.69 Å². The van der Waals surface area contributed by atoms with Gasteiger partial charge in [0, 0.05) is 81.2 Å². The molecular formula is C66H90F3N7O10. The zero-order valence-electron chi connectivity index (χ0n) is 52.3. The number of nitrogens with zero attached hydrogens (tertiary/aromatic N) is 6. The molecule has 0 bridgehead atoms. The number of halogens is 3. The lowest BCUT2D eigenvalue weighted by molar-refractivity contribution is -0.387. The van der Waals surface area contributed by atoms with Crippen LogP contribution < -0.4 is 15.1 Å². The van der Waals surface area contributed by atoms with Crippen LogP contribution in [0.3, 0.4) is 0 Å². The SMILES string of the molecule is CC(C)CCCC(C)(C)O.CC(C)CN(CC(C)(C)O)c1ccc(C2(OC=O)CCC2)cc1NC(=O)Cc1ccc(F)cc1F.[C-]#[N+]C1(c2ccc(F)c([N+](=O)[O-])c2)CCC1.[C-]#[N+]C1(c2ccc(N(CC(C)C)CC(C)(C)O)c([N+](=O)[O-])c2)CCC1. The molecule has 7 rings (SSSR count). The van der Waals surface area contributed by atoms with Crippen molar-refractivity contribution in [1.82, 2.24) is 0 Å². The zero-order chi connectivity index (χ0) is 64.6. The molecule has 0 unspecified atom stereocenters. The number of benzene rings is 4. The Morgan fingerprint density at radius 1 is 0.663 bits per heavy atom. The van der Waals surface area contributed by atoms with Gasteiger partial charge in [-0.1, -0.05) is 66.5 Å². The lowest BCUT2D eigenvalue weighted by Crippen LogP contribution is -2.41. The van der Waals surface area contributed by atoms with Crippen LogP contribution in [0.15, 0.2) is 72.8 Å². The van der Waals surface area contributed by atoms with Gasteiger partial charge in [-0.15, -0.1) is 0 Å². The Balaban J connectivity index is 0.000000269. The topological polar surface area (TPSA) is 218 Å². The molecule has 4 aromatic carbocycles. The monoisotopic (exact) mass is 1200 g/mol. The van der Waals surface area contributed by atoms with E-state index < -0.39 is 67.5 Å². The molecule has 17 nitrogen and oxygen atoms in total. The van der Waals surface area contributed by atoms with Crippen molar-refractivity contribution in [3.8, 4) is 0 Å². The summed E-state index contributed by atoms with van der Waals surface area (Å²) in [5, 5.41) is 55.2. The van der Waals surface area contributed by atoms with Crippen LogP contribution in [0.2, 0.25) is 0 Å². The lowest BCUT2D eigenvalue weighted by Gasteiger charge is -2.41. The number of nitrogens with one attached hydrogen (secondary N) is 1. The second-order valence-corrected chi connectivity index (χ2v) is 26.4. The Morgan fingerprint density at radius 2 is 1.14 bits per heavy atom. The number of rotatable bonds is 24. The van der Waals surface area contributed by atoms with Gasteiger partial charge in [-0.2, -0.15) is 4.39 Å². The van der Waals surface area contributed by atoms with Gasteiger partial charge >= 0.3 is 5.69 Å². The minimum Gasteiger partial charge on any atom is -0.456 e. The Morgan fingerprint density at radius 3 is 1.55 bits per heavy atom. The summed E-state index contributed by atoms with van der Waals surface area (Å²) in [5.41, 5.74) is -1.15. The molecule has 20 heteroatoms. The molecule has 470 valence electrons. The molecule has 0 aliphatic heterocycles. The Hall–Kier alpha value is -7.13. The molecule has 4 N–H and O–H groups in total. The van der Waals surface area contributed by atoms with E-state index in [0.717, 1.165) is 80.2 Å². The summed E-state index contributed by atoms with van der Waals surface area (Å²) in [5.74, 6) is -1.49. The summed E-state index contributed by atoms with van der Waals surface area (Å²) in [7, 11) is 0. The molecular weight excluding hydrogens is 1110 g/mol. The van der Waals surface area contributed by atoms with Crippen LogP contribution in [0.5, 0.6) is 0 Å². The maximum Gasteiger partial charge on any atom is 0.305 e. The van der Waals surface area contributed by atoms with Crippen LogP contribution in [0.1, 0.15) is 182 Å². The van der Waals surface area contributed by atoms with E-state index in [2.05, 4.69) is 42.7 Å². The molecule has 0 aromatic heterocycles. The highest BCUT2D eigenvalue weighted by atomic mass is 19.1. The summed E-state index contributed by atoms with van der Waals surface area (Å²) < 4.78 is 46.0. The van der Waals surface area contributed by atoms with E-state index in [1.807, 2.05) is 55.7 Å². The third kappa shape index (κ3) is 20.8. The first-order valence-corrected chi connectivity index (χ1v) is 29.7. The molecule has 0 atom stereocenters. The fraction of sp³-hybridized carbons (Fsp3) is 0.576. The van der Waals surface area contributed by atoms with E-state index >= 15 is 0 Å². The van der Waals surface area contributed by atoms with Crippen LogP contribution in [-0.4, -0.2) is 80.5 Å². The number of carbonyl (C=O) groups is 2. The average molecular weight is 1200 g/mol. The van der Waals surface area contributed by atoms with Gasteiger partial charge in [-0.05, 0) is 151 Å². The molecule has 3 aliphatic rings. The summed E-state index contributed by atoms with van der Waals surface area (Å²) >= 11 is 0. The minimum absolute atomic E-state index is 0.0114. The van der Waals surface area contributed by atoms with Gasteiger partial charge in [-0.25, -0.2) is 21.9 Å². The maximum atomic E-state index is 14.1. The molecule has 0 heterocycles. The third-order valence-corrected chi connectivity index (χ3v) is 15.4. The van der Waals surface area contributed by atoms with Gasteiger partial charge in [0.05, 0.1) is 44.4 Å². The van der Waals surface area contributed by atoms with Gasteiger partial charge in [0.2, 0.25) is 11.7 Å². The summed E-state index contributed by atoms with van der Waals surface area (Å²) in [6, 6.07) is 17.5. The van der Waals surface area contributed by atoms with Crippen molar-refractivity contribution in [3.63, 3.8) is 0 Å². The number of carbonyl (C=O) groups excluding carboxylic acids is 2. The predicted molar refractivity (Wildman–Crippen MR) is 330 cm³/mol. The lowest BCUT2D eigenvalue weighted by atomic mass is 9.72. The highest BCUT2D eigenvalue weighted by Gasteiger charge is 2.48. The molecule has 3 saturated carbocycles. The molecule has 3 aliphatic carbocycles. The standard InChI is InChI=1S/C27H34F2N2O4.C19H27N3O3.C11H9FN2O2.C9H20O/c1-18(2)15-31(16-26(3,4)34)24-9-7-20(27(35-17-32)10-5-11-27)13-23(24)30-25(33)12-19-6-8-21(28)14-22(19)29;1-14(2)12-21(13-18(3,4)23)16-8-7-15(11-17(16)22(24)25)19(20-5)9-6-10-19;1-13-11(5-2-6-11)8-3-4-9(12)10(7-8)14(15)16;1-8(2)6-5-7-9(3,4)10/h6-9,13-14,17-18,34H,5,10-12,15-16H2,1-4H3,(H,30,33);7-8,11,14,23H,6,9-10,12-13H2,1-4H3;3-4,7H,2,5-6H2;8,10H,5-7H2,1-4H3. The number of amides is 1. The van der Waals surface area contributed by atoms with E-state index in [1.165, 1.54) is 24.6 Å². The average Bonchev–Trinajstić information content (AvgIpc) is 0.947. The van der Waals surface area contributed by atoms with Gasteiger partial charge in [0.15, 0.2) is 0 Å². The normalized spacial score (nSPS) is 15.4. The highest BCUT2D eigenvalue weighted by molar-refractivity contribution is 5.96. The molecule has 3 fully saturated rings. The van der Waals surface area contributed by atoms with Gasteiger partial charge < -0.3 is 44.9 Å². The first kappa shape index (κ1) is 71.4. The number of nitro groups is 2. The molecule has 1 amide bonds. The second kappa shape index (κ2) is 30.5. The summed E-state index contributed by atoms with van der Waals surface area (Å²) in [6.07, 6.45) is 10.1. The van der Waals surface area contributed by atoms with Crippen molar-refractivity contribution in [2.75, 3.05) is 41.3 Å². The van der Waals surface area contributed by atoms with Crippen LogP contribution in [0, 0.1) is 68.6 Å². The predicted octanol–water partition coefficient (Wildman–Crippen LogP) is 14.7.